The van der Waals surface area contributed by atoms with Gasteiger partial charge in [0, 0.05) is 11.6 Å². The Balaban J connectivity index is 1.89. The van der Waals surface area contributed by atoms with Crippen molar-refractivity contribution in [3.8, 4) is 5.75 Å². The Kier molecular flexibility index (Phi) is 5.88. The van der Waals surface area contributed by atoms with Crippen LogP contribution in [0.4, 0.5) is 0 Å². The molecule has 31 heavy (non-hydrogen) atoms. The molecule has 0 aliphatic carbocycles. The van der Waals surface area contributed by atoms with Crippen molar-refractivity contribution in [3.63, 3.8) is 0 Å². The average molecular weight is 438 g/mol. The van der Waals surface area contributed by atoms with E-state index in [0.29, 0.717) is 33.9 Å². The zero-order valence-electron chi connectivity index (χ0n) is 17.6. The molecule has 0 saturated carbocycles. The topological polar surface area (TPSA) is 59.8 Å². The van der Waals surface area contributed by atoms with E-state index in [4.69, 9.17) is 20.8 Å². The van der Waals surface area contributed by atoms with E-state index in [9.17, 15) is 9.59 Å². The fourth-order valence-corrected chi connectivity index (χ4v) is 4.09. The minimum atomic E-state index is -0.587. The fourth-order valence-electron chi connectivity index (χ4n) is 3.92. The van der Waals surface area contributed by atoms with Gasteiger partial charge in [0.25, 0.3) is 5.91 Å². The van der Waals surface area contributed by atoms with Crippen molar-refractivity contribution in [3.05, 3.63) is 86.7 Å². The Morgan fingerprint density at radius 2 is 2.06 bits per heavy atom. The number of amides is 1. The molecule has 1 unspecified atom stereocenters. The molecule has 0 spiro atoms. The molecule has 1 aromatic heterocycles. The maximum atomic E-state index is 13.5. The lowest BCUT2D eigenvalue weighted by Crippen LogP contribution is -2.29. The number of hydrogen-bond donors (Lipinski definition) is 0. The predicted octanol–water partition coefficient (Wildman–Crippen LogP) is 5.66. The summed E-state index contributed by atoms with van der Waals surface area (Å²) in [4.78, 5) is 28.3. The monoisotopic (exact) mass is 437 g/mol. The van der Waals surface area contributed by atoms with Gasteiger partial charge in [-0.05, 0) is 48.7 Å². The van der Waals surface area contributed by atoms with Crippen LogP contribution in [0.15, 0.2) is 58.3 Å². The van der Waals surface area contributed by atoms with Crippen LogP contribution < -0.4 is 10.2 Å². The molecule has 1 aliphatic rings. The largest absolute Gasteiger partial charge is 0.494 e. The first-order valence-corrected chi connectivity index (χ1v) is 10.8. The molecule has 160 valence electrons. The Morgan fingerprint density at radius 1 is 1.26 bits per heavy atom. The van der Waals surface area contributed by atoms with Crippen LogP contribution in [-0.2, 0) is 0 Å². The first-order valence-electron chi connectivity index (χ1n) is 10.4. The second kappa shape index (κ2) is 8.60. The van der Waals surface area contributed by atoms with E-state index >= 15 is 0 Å². The number of ether oxygens (including phenoxy) is 1. The number of aryl methyl sites for hydroxylation is 1. The zero-order valence-corrected chi connectivity index (χ0v) is 18.4. The lowest BCUT2D eigenvalue weighted by molar-refractivity contribution is 0.0748. The highest BCUT2D eigenvalue weighted by atomic mass is 35.5. The number of carbonyl (C=O) groups excluding carboxylic acids is 1. The molecule has 1 amide bonds. The van der Waals surface area contributed by atoms with Crippen LogP contribution in [0.25, 0.3) is 11.0 Å². The zero-order chi connectivity index (χ0) is 22.1. The second-order valence-corrected chi connectivity index (χ2v) is 8.10. The molecular weight excluding hydrogens is 414 g/mol. The van der Waals surface area contributed by atoms with Crippen molar-refractivity contribution < 1.29 is 13.9 Å². The highest BCUT2D eigenvalue weighted by Gasteiger charge is 2.42. The SMILES string of the molecule is C=CCN1C(=O)c2oc3cc(C)c(Cl)cc3c(=O)c2C1c1cccc(OCCCC)c1. The molecule has 3 aromatic rings. The van der Waals surface area contributed by atoms with Crippen LogP contribution in [0, 0.1) is 6.92 Å². The van der Waals surface area contributed by atoms with Crippen molar-refractivity contribution in [2.45, 2.75) is 32.7 Å². The Bertz CT molecular complexity index is 1230. The first-order chi connectivity index (χ1) is 15.0. The molecule has 0 radical (unpaired) electrons. The molecule has 1 atom stereocenters. The molecule has 4 rings (SSSR count). The molecule has 0 saturated heterocycles. The normalized spacial score (nSPS) is 15.4. The predicted molar refractivity (Wildman–Crippen MR) is 122 cm³/mol. The van der Waals surface area contributed by atoms with Gasteiger partial charge in [0.1, 0.15) is 11.3 Å². The summed E-state index contributed by atoms with van der Waals surface area (Å²) in [6.07, 6.45) is 3.63. The van der Waals surface area contributed by atoms with Gasteiger partial charge in [0.05, 0.1) is 23.6 Å². The number of hydrogen-bond acceptors (Lipinski definition) is 4. The quantitative estimate of drug-likeness (QED) is 0.353. The summed E-state index contributed by atoms with van der Waals surface area (Å²) in [6.45, 7) is 8.60. The van der Waals surface area contributed by atoms with Crippen molar-refractivity contribution in [1.29, 1.82) is 0 Å². The number of nitrogens with zero attached hydrogens (tertiary/aromatic N) is 1. The lowest BCUT2D eigenvalue weighted by atomic mass is 9.98. The summed E-state index contributed by atoms with van der Waals surface area (Å²) in [7, 11) is 0. The molecule has 1 aliphatic heterocycles. The highest BCUT2D eigenvalue weighted by molar-refractivity contribution is 6.32. The average Bonchev–Trinajstić information content (AvgIpc) is 3.03. The fraction of sp³-hybridized carbons (Fsp3) is 0.280. The van der Waals surface area contributed by atoms with Crippen LogP contribution in [-0.4, -0.2) is 24.0 Å². The maximum Gasteiger partial charge on any atom is 0.291 e. The summed E-state index contributed by atoms with van der Waals surface area (Å²) in [6, 6.07) is 10.2. The van der Waals surface area contributed by atoms with Gasteiger partial charge >= 0.3 is 0 Å². The molecule has 0 bridgehead atoms. The van der Waals surface area contributed by atoms with Gasteiger partial charge < -0.3 is 14.1 Å². The van der Waals surface area contributed by atoms with Crippen LogP contribution in [0.1, 0.15) is 53.1 Å². The van der Waals surface area contributed by atoms with Gasteiger partial charge in [0.2, 0.25) is 5.76 Å². The van der Waals surface area contributed by atoms with Crippen molar-refractivity contribution >= 4 is 28.5 Å². The van der Waals surface area contributed by atoms with Gasteiger partial charge in [-0.2, -0.15) is 0 Å². The molecular formula is C25H24ClNO4. The summed E-state index contributed by atoms with van der Waals surface area (Å²) in [5, 5.41) is 0.845. The second-order valence-electron chi connectivity index (χ2n) is 7.69. The van der Waals surface area contributed by atoms with Crippen LogP contribution in [0.5, 0.6) is 5.75 Å². The number of fused-ring (bicyclic) bond motifs is 2. The maximum absolute atomic E-state index is 13.5. The van der Waals surface area contributed by atoms with E-state index < -0.39 is 6.04 Å². The molecule has 0 fully saturated rings. The van der Waals surface area contributed by atoms with Gasteiger partial charge in [-0.1, -0.05) is 43.2 Å². The summed E-state index contributed by atoms with van der Waals surface area (Å²) < 4.78 is 11.8. The van der Waals surface area contributed by atoms with Gasteiger partial charge in [-0.25, -0.2) is 0 Å². The Hall–Kier alpha value is -3.05. The lowest BCUT2D eigenvalue weighted by Gasteiger charge is -2.24. The highest BCUT2D eigenvalue weighted by Crippen LogP contribution is 2.39. The number of benzene rings is 2. The van der Waals surface area contributed by atoms with Crippen molar-refractivity contribution in [2.75, 3.05) is 13.2 Å². The standard InChI is InChI=1S/C25H24ClNO4/c1-4-6-11-30-17-9-7-8-16(13-17)22-21-23(28)18-14-19(26)15(3)12-20(18)31-24(21)25(29)27(22)10-5-2/h5,7-9,12-14,22H,2,4,6,10-11H2,1,3H3. The van der Waals surface area contributed by atoms with E-state index in [1.165, 1.54) is 0 Å². The van der Waals surface area contributed by atoms with E-state index in [-0.39, 0.29) is 23.6 Å². The van der Waals surface area contributed by atoms with Gasteiger partial charge in [-0.3, -0.25) is 9.59 Å². The number of carbonyl (C=O) groups is 1. The summed E-state index contributed by atoms with van der Waals surface area (Å²) in [5.41, 5.74) is 1.99. The van der Waals surface area contributed by atoms with Gasteiger partial charge in [0.15, 0.2) is 5.43 Å². The number of rotatable bonds is 7. The van der Waals surface area contributed by atoms with Crippen LogP contribution in [0.2, 0.25) is 5.02 Å². The summed E-state index contributed by atoms with van der Waals surface area (Å²) >= 11 is 6.26. The van der Waals surface area contributed by atoms with E-state index in [2.05, 4.69) is 13.5 Å². The summed E-state index contributed by atoms with van der Waals surface area (Å²) in [5.74, 6) is 0.446. The molecule has 5 nitrogen and oxygen atoms in total. The van der Waals surface area contributed by atoms with E-state index in [1.54, 1.807) is 23.1 Å². The van der Waals surface area contributed by atoms with Crippen molar-refractivity contribution in [1.82, 2.24) is 4.90 Å². The third-order valence-corrected chi connectivity index (χ3v) is 5.92. The smallest absolute Gasteiger partial charge is 0.291 e. The Labute approximate surface area is 185 Å². The molecule has 2 aromatic carbocycles. The minimum absolute atomic E-state index is 0.0726. The Morgan fingerprint density at radius 3 is 2.81 bits per heavy atom. The van der Waals surface area contributed by atoms with Gasteiger partial charge in [-0.15, -0.1) is 6.58 Å². The number of halogens is 1. The third kappa shape index (κ3) is 3.74. The molecule has 6 heteroatoms. The van der Waals surface area contributed by atoms with E-state index in [0.717, 1.165) is 24.0 Å². The molecule has 2 heterocycles. The van der Waals surface area contributed by atoms with Crippen molar-refractivity contribution in [2.24, 2.45) is 0 Å². The van der Waals surface area contributed by atoms with Crippen LogP contribution in [0.3, 0.4) is 0 Å². The van der Waals surface area contributed by atoms with E-state index in [1.807, 2.05) is 31.2 Å². The minimum Gasteiger partial charge on any atom is -0.494 e. The molecule has 0 N–H and O–H groups in total. The first kappa shape index (κ1) is 21.2. The number of unbranched alkanes of at least 4 members (excludes halogenated alkanes) is 1. The third-order valence-electron chi connectivity index (χ3n) is 5.51. The van der Waals surface area contributed by atoms with Crippen LogP contribution >= 0.6 is 11.6 Å².